The second-order valence-electron chi connectivity index (χ2n) is 7.08. The summed E-state index contributed by atoms with van der Waals surface area (Å²) in [5, 5.41) is 0. The quantitative estimate of drug-likeness (QED) is 0.829. The molecule has 2 saturated heterocycles. The number of anilines is 1. The van der Waals surface area contributed by atoms with E-state index in [2.05, 4.69) is 0 Å². The highest BCUT2D eigenvalue weighted by Gasteiger charge is 2.54. The summed E-state index contributed by atoms with van der Waals surface area (Å²) in [6.45, 7) is 0.427. The number of benzene rings is 1. The minimum atomic E-state index is -3.07. The van der Waals surface area contributed by atoms with Crippen molar-refractivity contribution in [2.24, 2.45) is 0 Å². The van der Waals surface area contributed by atoms with Crippen LogP contribution >= 0.6 is 0 Å². The standard InChI is InChI=1S/C17H22N2O3S/c20-17-10-18(13-6-4-5-7-13)15-11-23(21,22)12-16(15)19(17)14-8-2-1-3-9-14/h1-3,8-9,13,15-16H,4-7,10-12H2/p+1/t15-,16-/m0/s1. The number of nitrogens with zero attached hydrogens (tertiary/aromatic N) is 1. The fourth-order valence-corrected chi connectivity index (χ4v) is 6.70. The van der Waals surface area contributed by atoms with Gasteiger partial charge in [0.2, 0.25) is 0 Å². The second kappa shape index (κ2) is 5.60. The van der Waals surface area contributed by atoms with Gasteiger partial charge in [-0.25, -0.2) is 8.42 Å². The number of piperazine rings is 1. The average molecular weight is 335 g/mol. The lowest BCUT2D eigenvalue weighted by Crippen LogP contribution is -3.23. The van der Waals surface area contributed by atoms with E-state index in [-0.39, 0.29) is 29.5 Å². The zero-order valence-corrected chi connectivity index (χ0v) is 14.0. The minimum Gasteiger partial charge on any atom is -0.320 e. The average Bonchev–Trinajstić information content (AvgIpc) is 3.14. The Kier molecular flexibility index (Phi) is 3.69. The minimum absolute atomic E-state index is 0.0287. The Morgan fingerprint density at radius 2 is 1.74 bits per heavy atom. The predicted octanol–water partition coefficient (Wildman–Crippen LogP) is 0.0263. The highest BCUT2D eigenvalue weighted by atomic mass is 32.2. The first-order chi connectivity index (χ1) is 11.1. The molecule has 0 radical (unpaired) electrons. The Balaban J connectivity index is 1.70. The van der Waals surface area contributed by atoms with Gasteiger partial charge in [-0.1, -0.05) is 18.2 Å². The van der Waals surface area contributed by atoms with Gasteiger partial charge in [0, 0.05) is 5.69 Å². The highest BCUT2D eigenvalue weighted by molar-refractivity contribution is 7.91. The van der Waals surface area contributed by atoms with Crippen molar-refractivity contribution in [1.29, 1.82) is 0 Å². The van der Waals surface area contributed by atoms with E-state index >= 15 is 0 Å². The molecule has 124 valence electrons. The maximum absolute atomic E-state index is 12.8. The van der Waals surface area contributed by atoms with Gasteiger partial charge in [0.05, 0.1) is 11.8 Å². The van der Waals surface area contributed by atoms with Crippen LogP contribution in [-0.4, -0.2) is 50.5 Å². The van der Waals surface area contributed by atoms with E-state index in [1.165, 1.54) is 17.7 Å². The van der Waals surface area contributed by atoms with Crippen LogP contribution < -0.4 is 9.80 Å². The number of rotatable bonds is 2. The fourth-order valence-electron chi connectivity index (χ4n) is 4.68. The number of carbonyl (C=O) groups excluding carboxylic acids is 1. The maximum Gasteiger partial charge on any atom is 0.282 e. The molecule has 1 unspecified atom stereocenters. The molecule has 2 heterocycles. The van der Waals surface area contributed by atoms with Gasteiger partial charge in [-0.05, 0) is 37.8 Å². The monoisotopic (exact) mass is 335 g/mol. The van der Waals surface area contributed by atoms with Crippen molar-refractivity contribution < 1.29 is 18.1 Å². The summed E-state index contributed by atoms with van der Waals surface area (Å²) in [7, 11) is -3.07. The van der Waals surface area contributed by atoms with Crippen LogP contribution in [0.15, 0.2) is 30.3 Å². The smallest absolute Gasteiger partial charge is 0.282 e. The fraction of sp³-hybridized carbons (Fsp3) is 0.588. The molecule has 5 nitrogen and oxygen atoms in total. The summed E-state index contributed by atoms with van der Waals surface area (Å²) in [6.07, 6.45) is 4.65. The third kappa shape index (κ3) is 2.68. The van der Waals surface area contributed by atoms with Gasteiger partial charge in [0.25, 0.3) is 5.91 Å². The van der Waals surface area contributed by atoms with Gasteiger partial charge in [-0.2, -0.15) is 0 Å². The zero-order valence-electron chi connectivity index (χ0n) is 13.1. The number of nitrogens with one attached hydrogen (secondary N) is 1. The Morgan fingerprint density at radius 1 is 1.04 bits per heavy atom. The van der Waals surface area contributed by atoms with Crippen LogP contribution in [0, 0.1) is 0 Å². The molecule has 2 aliphatic heterocycles. The Labute approximate surface area is 137 Å². The normalized spacial score (nSPS) is 33.8. The summed E-state index contributed by atoms with van der Waals surface area (Å²) in [5.41, 5.74) is 0.829. The molecule has 3 aliphatic rings. The third-order valence-corrected chi connectivity index (χ3v) is 7.38. The molecule has 1 saturated carbocycles. The summed E-state index contributed by atoms with van der Waals surface area (Å²) in [6, 6.07) is 9.80. The summed E-state index contributed by atoms with van der Waals surface area (Å²) in [5.74, 6) is 0.394. The second-order valence-corrected chi connectivity index (χ2v) is 9.24. The van der Waals surface area contributed by atoms with Crippen molar-refractivity contribution in [3.8, 4) is 0 Å². The topological polar surface area (TPSA) is 58.9 Å². The van der Waals surface area contributed by atoms with Crippen LogP contribution in [0.4, 0.5) is 5.69 Å². The molecule has 4 rings (SSSR count). The third-order valence-electron chi connectivity index (χ3n) is 5.67. The van der Waals surface area contributed by atoms with Crippen molar-refractivity contribution in [3.05, 3.63) is 30.3 Å². The van der Waals surface area contributed by atoms with Crippen molar-refractivity contribution in [1.82, 2.24) is 0 Å². The number of para-hydroxylation sites is 1. The lowest BCUT2D eigenvalue weighted by atomic mass is 10.00. The Morgan fingerprint density at radius 3 is 2.43 bits per heavy atom. The van der Waals surface area contributed by atoms with E-state index in [1.807, 2.05) is 30.3 Å². The summed E-state index contributed by atoms with van der Waals surface area (Å²) < 4.78 is 24.6. The van der Waals surface area contributed by atoms with Crippen molar-refractivity contribution >= 4 is 21.4 Å². The van der Waals surface area contributed by atoms with Gasteiger partial charge in [0.15, 0.2) is 16.4 Å². The molecule has 0 aromatic heterocycles. The van der Waals surface area contributed by atoms with Crippen LogP contribution in [0.3, 0.4) is 0 Å². The molecule has 0 bridgehead atoms. The van der Waals surface area contributed by atoms with Gasteiger partial charge in [0.1, 0.15) is 17.8 Å². The lowest BCUT2D eigenvalue weighted by Gasteiger charge is -2.43. The zero-order chi connectivity index (χ0) is 16.0. The first kappa shape index (κ1) is 15.1. The van der Waals surface area contributed by atoms with Crippen LogP contribution in [0.25, 0.3) is 0 Å². The van der Waals surface area contributed by atoms with Crippen LogP contribution in [0.1, 0.15) is 25.7 Å². The van der Waals surface area contributed by atoms with E-state index in [0.717, 1.165) is 18.5 Å². The van der Waals surface area contributed by atoms with Gasteiger partial charge < -0.3 is 4.90 Å². The van der Waals surface area contributed by atoms with Crippen molar-refractivity contribution in [3.63, 3.8) is 0 Å². The van der Waals surface area contributed by atoms with E-state index in [0.29, 0.717) is 12.6 Å². The predicted molar refractivity (Wildman–Crippen MR) is 88.2 cm³/mol. The van der Waals surface area contributed by atoms with Crippen molar-refractivity contribution in [2.45, 2.75) is 43.8 Å². The van der Waals surface area contributed by atoms with Gasteiger partial charge in [-0.15, -0.1) is 0 Å². The van der Waals surface area contributed by atoms with Crippen molar-refractivity contribution in [2.75, 3.05) is 23.0 Å². The molecular formula is C17H23N2O3S+. The highest BCUT2D eigenvalue weighted by Crippen LogP contribution is 2.27. The Hall–Kier alpha value is -1.40. The van der Waals surface area contributed by atoms with E-state index in [9.17, 15) is 13.2 Å². The maximum atomic E-state index is 12.8. The largest absolute Gasteiger partial charge is 0.320 e. The lowest BCUT2D eigenvalue weighted by molar-refractivity contribution is -0.941. The molecule has 0 spiro atoms. The van der Waals surface area contributed by atoms with Gasteiger partial charge in [-0.3, -0.25) is 9.69 Å². The molecule has 6 heteroatoms. The number of amides is 1. The first-order valence-corrected chi connectivity index (χ1v) is 10.3. The molecule has 1 N–H and O–H groups in total. The van der Waals surface area contributed by atoms with E-state index in [1.54, 1.807) is 4.90 Å². The van der Waals surface area contributed by atoms with Crippen LogP contribution in [-0.2, 0) is 14.6 Å². The molecular weight excluding hydrogens is 312 g/mol. The molecule has 1 aromatic rings. The number of hydrogen-bond acceptors (Lipinski definition) is 3. The van der Waals surface area contributed by atoms with Crippen LogP contribution in [0.2, 0.25) is 0 Å². The van der Waals surface area contributed by atoms with E-state index < -0.39 is 9.84 Å². The molecule has 1 aliphatic carbocycles. The van der Waals surface area contributed by atoms with E-state index in [4.69, 9.17) is 0 Å². The molecule has 1 amide bonds. The molecule has 3 fully saturated rings. The Bertz CT molecular complexity index is 698. The molecule has 23 heavy (non-hydrogen) atoms. The molecule has 3 atom stereocenters. The van der Waals surface area contributed by atoms with Crippen LogP contribution in [0.5, 0.6) is 0 Å². The number of sulfone groups is 1. The van der Waals surface area contributed by atoms with Gasteiger partial charge >= 0.3 is 0 Å². The number of carbonyl (C=O) groups is 1. The number of fused-ring (bicyclic) bond motifs is 1. The summed E-state index contributed by atoms with van der Waals surface area (Å²) >= 11 is 0. The number of hydrogen-bond donors (Lipinski definition) is 1. The molecule has 1 aromatic carbocycles. The number of quaternary nitrogens is 1. The SMILES string of the molecule is O=C1C[NH+](C2CCCC2)[C@H]2CS(=O)(=O)C[C@@H]2N1c1ccccc1. The summed E-state index contributed by atoms with van der Waals surface area (Å²) in [4.78, 5) is 15.8. The first-order valence-electron chi connectivity index (χ1n) is 8.48.